The molecule has 0 bridgehead atoms. The van der Waals surface area contributed by atoms with E-state index in [1.54, 1.807) is 7.11 Å². The summed E-state index contributed by atoms with van der Waals surface area (Å²) in [6.45, 7) is 2.93. The maximum absolute atomic E-state index is 12.7. The number of benzene rings is 1. The Morgan fingerprint density at radius 3 is 2.56 bits per heavy atom. The van der Waals surface area contributed by atoms with Gasteiger partial charge in [-0.25, -0.2) is 0 Å². The molecule has 5 heteroatoms. The molecule has 1 unspecified atom stereocenters. The molecule has 1 heterocycles. The number of carbonyl (C=O) groups excluding carboxylic acids is 1. The molecule has 134 valence electrons. The first kappa shape index (κ1) is 17.8. The molecule has 0 N–H and O–H groups in total. The van der Waals surface area contributed by atoms with Crippen molar-refractivity contribution in [2.45, 2.75) is 38.1 Å². The number of piperazine rings is 1. The number of hydrogen-bond donors (Lipinski definition) is 0. The highest BCUT2D eigenvalue weighted by molar-refractivity contribution is 5.79. The third kappa shape index (κ3) is 4.13. The lowest BCUT2D eigenvalue weighted by Crippen LogP contribution is -2.51. The van der Waals surface area contributed by atoms with Crippen molar-refractivity contribution in [1.29, 1.82) is 5.26 Å². The lowest BCUT2D eigenvalue weighted by molar-refractivity contribution is -0.138. The van der Waals surface area contributed by atoms with Crippen LogP contribution in [0, 0.1) is 17.2 Å². The molecule has 0 aromatic heterocycles. The highest BCUT2D eigenvalue weighted by Gasteiger charge is 2.31. The van der Waals surface area contributed by atoms with Crippen LogP contribution in [0.25, 0.3) is 0 Å². The van der Waals surface area contributed by atoms with Crippen LogP contribution in [-0.4, -0.2) is 49.0 Å². The maximum atomic E-state index is 12.7. The molecule has 1 aromatic rings. The van der Waals surface area contributed by atoms with Gasteiger partial charge in [0.05, 0.1) is 13.2 Å². The van der Waals surface area contributed by atoms with Gasteiger partial charge >= 0.3 is 0 Å². The van der Waals surface area contributed by atoms with Gasteiger partial charge in [0.1, 0.15) is 11.8 Å². The van der Waals surface area contributed by atoms with E-state index in [1.165, 1.54) is 19.3 Å². The summed E-state index contributed by atoms with van der Waals surface area (Å²) >= 11 is 0. The topological polar surface area (TPSA) is 56.6 Å². The first-order chi connectivity index (χ1) is 12.2. The second-order valence-electron chi connectivity index (χ2n) is 7.00. The number of nitriles is 1. The molecule has 1 saturated carbocycles. The predicted molar refractivity (Wildman–Crippen MR) is 96.1 cm³/mol. The zero-order valence-corrected chi connectivity index (χ0v) is 15.0. The molecule has 1 aliphatic heterocycles. The number of ether oxygens (including phenoxy) is 1. The van der Waals surface area contributed by atoms with Crippen LogP contribution in [0.5, 0.6) is 5.75 Å². The number of amides is 1. The summed E-state index contributed by atoms with van der Waals surface area (Å²) in [5, 5.41) is 9.66. The van der Waals surface area contributed by atoms with Gasteiger partial charge < -0.3 is 9.64 Å². The van der Waals surface area contributed by atoms with Gasteiger partial charge in [-0.3, -0.25) is 9.69 Å². The lowest BCUT2D eigenvalue weighted by Gasteiger charge is -2.38. The van der Waals surface area contributed by atoms with E-state index in [2.05, 4.69) is 11.0 Å². The van der Waals surface area contributed by atoms with E-state index in [0.717, 1.165) is 50.3 Å². The van der Waals surface area contributed by atoms with Crippen molar-refractivity contribution in [1.82, 2.24) is 9.80 Å². The zero-order valence-electron chi connectivity index (χ0n) is 15.0. The maximum Gasteiger partial charge on any atom is 0.225 e. The van der Waals surface area contributed by atoms with Crippen molar-refractivity contribution in [3.8, 4) is 11.8 Å². The summed E-state index contributed by atoms with van der Waals surface area (Å²) in [5.74, 6) is 1.32. The fraction of sp³-hybridized carbons (Fsp3) is 0.600. The molecule has 1 atom stereocenters. The molecule has 1 amide bonds. The summed E-state index contributed by atoms with van der Waals surface area (Å²) in [5.41, 5.74) is 0.953. The van der Waals surface area contributed by atoms with E-state index in [0.29, 0.717) is 5.91 Å². The van der Waals surface area contributed by atoms with Gasteiger partial charge in [-0.1, -0.05) is 31.4 Å². The average Bonchev–Trinajstić information content (AvgIpc) is 2.69. The monoisotopic (exact) mass is 341 g/mol. The number of carbonyl (C=O) groups is 1. The van der Waals surface area contributed by atoms with E-state index in [4.69, 9.17) is 4.74 Å². The van der Waals surface area contributed by atoms with Crippen molar-refractivity contribution in [2.75, 3.05) is 33.3 Å². The molecule has 2 aliphatic rings. The molecule has 3 rings (SSSR count). The summed E-state index contributed by atoms with van der Waals surface area (Å²) in [6.07, 6.45) is 5.72. The van der Waals surface area contributed by atoms with Crippen molar-refractivity contribution in [3.05, 3.63) is 29.8 Å². The van der Waals surface area contributed by atoms with Crippen LogP contribution in [0.4, 0.5) is 0 Å². The van der Waals surface area contributed by atoms with Crippen LogP contribution < -0.4 is 4.74 Å². The predicted octanol–water partition coefficient (Wildman–Crippen LogP) is 2.98. The molecular weight excluding hydrogens is 314 g/mol. The van der Waals surface area contributed by atoms with Gasteiger partial charge in [0, 0.05) is 32.1 Å². The molecule has 1 aliphatic carbocycles. The lowest BCUT2D eigenvalue weighted by atomic mass is 9.88. The Morgan fingerprint density at radius 1 is 1.20 bits per heavy atom. The Labute approximate surface area is 150 Å². The normalized spacial score (nSPS) is 20.7. The largest absolute Gasteiger partial charge is 0.497 e. The fourth-order valence-electron chi connectivity index (χ4n) is 3.99. The van der Waals surface area contributed by atoms with E-state index in [-0.39, 0.29) is 12.0 Å². The summed E-state index contributed by atoms with van der Waals surface area (Å²) in [4.78, 5) is 16.9. The van der Waals surface area contributed by atoms with E-state index in [1.807, 2.05) is 29.2 Å². The van der Waals surface area contributed by atoms with Crippen LogP contribution in [-0.2, 0) is 4.79 Å². The van der Waals surface area contributed by atoms with Crippen LogP contribution >= 0.6 is 0 Å². The SMILES string of the molecule is COc1cccc(C(C#N)N2CCN(C(=O)C3CCCCC3)CC2)c1. The van der Waals surface area contributed by atoms with Crippen LogP contribution in [0.2, 0.25) is 0 Å². The Balaban J connectivity index is 1.60. The highest BCUT2D eigenvalue weighted by Crippen LogP contribution is 2.28. The van der Waals surface area contributed by atoms with Gasteiger partial charge in [-0.15, -0.1) is 0 Å². The molecule has 25 heavy (non-hydrogen) atoms. The van der Waals surface area contributed by atoms with Crippen molar-refractivity contribution in [2.24, 2.45) is 5.92 Å². The fourth-order valence-corrected chi connectivity index (χ4v) is 3.99. The molecule has 1 saturated heterocycles. The summed E-state index contributed by atoms with van der Waals surface area (Å²) in [6, 6.07) is 9.82. The molecule has 2 fully saturated rings. The van der Waals surface area contributed by atoms with Gasteiger partial charge in [0.25, 0.3) is 0 Å². The Morgan fingerprint density at radius 2 is 1.92 bits per heavy atom. The average molecular weight is 341 g/mol. The van der Waals surface area contributed by atoms with Crippen molar-refractivity contribution >= 4 is 5.91 Å². The number of rotatable bonds is 4. The minimum Gasteiger partial charge on any atom is -0.497 e. The van der Waals surface area contributed by atoms with Crippen molar-refractivity contribution < 1.29 is 9.53 Å². The van der Waals surface area contributed by atoms with Gasteiger partial charge in [-0.2, -0.15) is 5.26 Å². The number of methoxy groups -OCH3 is 1. The van der Waals surface area contributed by atoms with Gasteiger partial charge in [-0.05, 0) is 30.5 Å². The molecule has 5 nitrogen and oxygen atoms in total. The Bertz CT molecular complexity index is 626. The van der Waals surface area contributed by atoms with Gasteiger partial charge in [0.15, 0.2) is 0 Å². The van der Waals surface area contributed by atoms with Crippen LogP contribution in [0.3, 0.4) is 0 Å². The minimum atomic E-state index is -0.290. The number of nitrogens with zero attached hydrogens (tertiary/aromatic N) is 3. The quantitative estimate of drug-likeness (QED) is 0.845. The first-order valence-electron chi connectivity index (χ1n) is 9.29. The Kier molecular flexibility index (Phi) is 5.93. The third-order valence-corrected chi connectivity index (χ3v) is 5.48. The number of hydrogen-bond acceptors (Lipinski definition) is 4. The summed E-state index contributed by atoms with van der Waals surface area (Å²) in [7, 11) is 1.64. The smallest absolute Gasteiger partial charge is 0.225 e. The van der Waals surface area contributed by atoms with Crippen LogP contribution in [0.1, 0.15) is 43.7 Å². The second kappa shape index (κ2) is 8.35. The van der Waals surface area contributed by atoms with Crippen molar-refractivity contribution in [3.63, 3.8) is 0 Å². The molecular formula is C20H27N3O2. The Hall–Kier alpha value is -2.06. The molecule has 0 spiro atoms. The zero-order chi connectivity index (χ0) is 17.6. The highest BCUT2D eigenvalue weighted by atomic mass is 16.5. The summed E-state index contributed by atoms with van der Waals surface area (Å²) < 4.78 is 5.27. The molecule has 0 radical (unpaired) electrons. The standard InChI is InChI=1S/C20H27N3O2/c1-25-18-9-5-8-17(14-18)19(15-21)22-10-12-23(13-11-22)20(24)16-6-3-2-4-7-16/h5,8-9,14,16,19H,2-4,6-7,10-13H2,1H3. The second-order valence-corrected chi connectivity index (χ2v) is 7.00. The minimum absolute atomic E-state index is 0.227. The van der Waals surface area contributed by atoms with E-state index >= 15 is 0 Å². The van der Waals surface area contributed by atoms with E-state index < -0.39 is 0 Å². The molecule has 1 aromatic carbocycles. The van der Waals surface area contributed by atoms with E-state index in [9.17, 15) is 10.1 Å². The first-order valence-corrected chi connectivity index (χ1v) is 9.29. The van der Waals surface area contributed by atoms with Gasteiger partial charge in [0.2, 0.25) is 5.91 Å². The third-order valence-electron chi connectivity index (χ3n) is 5.48. The van der Waals surface area contributed by atoms with Crippen LogP contribution in [0.15, 0.2) is 24.3 Å².